The lowest BCUT2D eigenvalue weighted by atomic mass is 10.0. The van der Waals surface area contributed by atoms with Crippen molar-refractivity contribution in [2.45, 2.75) is 26.3 Å². The van der Waals surface area contributed by atoms with Gasteiger partial charge in [-0.1, -0.05) is 19.1 Å². The zero-order valence-electron chi connectivity index (χ0n) is 20.1. The Morgan fingerprint density at radius 2 is 1.26 bits per heavy atom. The van der Waals surface area contributed by atoms with Crippen molar-refractivity contribution in [1.29, 1.82) is 0 Å². The Morgan fingerprint density at radius 3 is 1.71 bits per heavy atom. The van der Waals surface area contributed by atoms with Gasteiger partial charge in [0.05, 0.1) is 32.8 Å². The fourth-order valence-electron chi connectivity index (χ4n) is 3.68. The number of hydrogen-bond donors (Lipinski definition) is 4. The van der Waals surface area contributed by atoms with Crippen LogP contribution in [0.4, 0.5) is 0 Å². The molecule has 4 N–H and O–H groups in total. The lowest BCUT2D eigenvalue weighted by Gasteiger charge is -2.34. The Balaban J connectivity index is 3.16. The first-order chi connectivity index (χ1) is 16.5. The van der Waals surface area contributed by atoms with Crippen molar-refractivity contribution < 1.29 is 44.3 Å². The maximum Gasteiger partial charge on any atom is 0.317 e. The minimum atomic E-state index is -1.20. The minimum absolute atomic E-state index is 0.0741. The molecule has 0 spiro atoms. The van der Waals surface area contributed by atoms with E-state index in [2.05, 4.69) is 0 Å². The third kappa shape index (κ3) is 12.7. The molecule has 35 heavy (non-hydrogen) atoms. The van der Waals surface area contributed by atoms with Crippen molar-refractivity contribution in [3.05, 3.63) is 29.8 Å². The number of carboxylic acid groups (broad SMARTS) is 4. The number of hydrogen-bond acceptors (Lipinski definition) is 8. The third-order valence-electron chi connectivity index (χ3n) is 5.27. The smallest absolute Gasteiger partial charge is 0.317 e. The summed E-state index contributed by atoms with van der Waals surface area (Å²) in [6, 6.07) is 6.48. The topological polar surface area (TPSA) is 168 Å². The maximum absolute atomic E-state index is 11.5. The Kier molecular flexibility index (Phi) is 13.3. The summed E-state index contributed by atoms with van der Waals surface area (Å²) in [4.78, 5) is 50.0. The van der Waals surface area contributed by atoms with Crippen molar-refractivity contribution in [1.82, 2.24) is 14.7 Å². The first kappa shape index (κ1) is 29.8. The molecule has 0 aliphatic heterocycles. The van der Waals surface area contributed by atoms with E-state index in [1.807, 2.05) is 6.92 Å². The molecule has 0 aliphatic rings. The molecule has 1 aromatic carbocycles. The summed E-state index contributed by atoms with van der Waals surface area (Å²) in [6.07, 6.45) is 0.274. The van der Waals surface area contributed by atoms with Gasteiger partial charge in [-0.05, 0) is 37.6 Å². The standard InChI is InChI=1S/C23H35N3O9/c1-3-24(13-20(27)28)9-10-25(14-21(29)30)12-18(26(15-22(31)32)16-23(33)34)11-17-5-7-19(8-6-17)35-4-2/h5-8,18H,3-4,9-16H2,1-2H3,(H,27,28)(H,29,30)(H,31,32)(H,33,34)/t18-/m0/s1. The van der Waals surface area contributed by atoms with Gasteiger partial charge < -0.3 is 25.2 Å². The number of aliphatic carboxylic acids is 4. The predicted octanol–water partition coefficient (Wildman–Crippen LogP) is 0.261. The van der Waals surface area contributed by atoms with Gasteiger partial charge >= 0.3 is 23.9 Å². The summed E-state index contributed by atoms with van der Waals surface area (Å²) in [5.41, 5.74) is 0.801. The van der Waals surface area contributed by atoms with Crippen LogP contribution in [0.15, 0.2) is 24.3 Å². The summed E-state index contributed by atoms with van der Waals surface area (Å²) in [5, 5.41) is 37.2. The van der Waals surface area contributed by atoms with Crippen LogP contribution in [0.3, 0.4) is 0 Å². The molecular formula is C23H35N3O9. The van der Waals surface area contributed by atoms with Crippen molar-refractivity contribution in [3.8, 4) is 5.75 Å². The monoisotopic (exact) mass is 497 g/mol. The highest BCUT2D eigenvalue weighted by Crippen LogP contribution is 2.16. The number of nitrogens with zero attached hydrogens (tertiary/aromatic N) is 3. The number of rotatable bonds is 19. The van der Waals surface area contributed by atoms with Gasteiger partial charge in [-0.25, -0.2) is 0 Å². The number of ether oxygens (including phenoxy) is 1. The van der Waals surface area contributed by atoms with E-state index in [0.29, 0.717) is 18.9 Å². The van der Waals surface area contributed by atoms with Crippen LogP contribution < -0.4 is 4.74 Å². The number of benzene rings is 1. The Bertz CT molecular complexity index is 816. The van der Waals surface area contributed by atoms with Crippen molar-refractivity contribution in [3.63, 3.8) is 0 Å². The molecule has 1 aromatic rings. The van der Waals surface area contributed by atoms with Crippen LogP contribution in [0.5, 0.6) is 5.75 Å². The highest BCUT2D eigenvalue weighted by atomic mass is 16.5. The largest absolute Gasteiger partial charge is 0.494 e. The van der Waals surface area contributed by atoms with Gasteiger partial charge in [0, 0.05) is 25.7 Å². The quantitative estimate of drug-likeness (QED) is 0.206. The Hall–Kier alpha value is -3.22. The molecular weight excluding hydrogens is 462 g/mol. The van der Waals surface area contributed by atoms with Crippen LogP contribution in [-0.4, -0.2) is 124 Å². The van der Waals surface area contributed by atoms with Gasteiger partial charge in [0.1, 0.15) is 5.75 Å². The molecule has 0 fully saturated rings. The van der Waals surface area contributed by atoms with Gasteiger partial charge in [0.25, 0.3) is 0 Å². The molecule has 0 saturated heterocycles. The highest BCUT2D eigenvalue weighted by molar-refractivity contribution is 5.72. The number of likely N-dealkylation sites (N-methyl/N-ethyl adjacent to an activating group) is 1. The molecule has 0 aliphatic carbocycles. The second kappa shape index (κ2) is 15.6. The fourth-order valence-corrected chi connectivity index (χ4v) is 3.68. The second-order valence-electron chi connectivity index (χ2n) is 8.02. The average molecular weight is 498 g/mol. The first-order valence-corrected chi connectivity index (χ1v) is 11.3. The van der Waals surface area contributed by atoms with Gasteiger partial charge in [-0.3, -0.25) is 33.9 Å². The van der Waals surface area contributed by atoms with Crippen LogP contribution >= 0.6 is 0 Å². The molecule has 0 bridgehead atoms. The maximum atomic E-state index is 11.5. The zero-order valence-corrected chi connectivity index (χ0v) is 20.1. The van der Waals surface area contributed by atoms with Crippen LogP contribution in [0, 0.1) is 0 Å². The SMILES string of the molecule is CCOc1ccc(C[C@@H](CN(CCN(CC)CC(=O)O)CC(=O)O)N(CC(=O)O)CC(=O)O)cc1. The number of carbonyl (C=O) groups is 4. The van der Waals surface area contributed by atoms with E-state index >= 15 is 0 Å². The molecule has 1 atom stereocenters. The predicted molar refractivity (Wildman–Crippen MR) is 126 cm³/mol. The zero-order chi connectivity index (χ0) is 26.4. The summed E-state index contributed by atoms with van der Waals surface area (Å²) < 4.78 is 5.43. The Morgan fingerprint density at radius 1 is 0.771 bits per heavy atom. The first-order valence-electron chi connectivity index (χ1n) is 11.3. The molecule has 0 radical (unpaired) electrons. The molecule has 12 heteroatoms. The van der Waals surface area contributed by atoms with E-state index in [4.69, 9.17) is 9.84 Å². The molecule has 196 valence electrons. The second-order valence-corrected chi connectivity index (χ2v) is 8.02. The molecule has 0 heterocycles. The van der Waals surface area contributed by atoms with Gasteiger partial charge in [-0.15, -0.1) is 0 Å². The van der Waals surface area contributed by atoms with Crippen molar-refractivity contribution in [2.75, 3.05) is 59.0 Å². The lowest BCUT2D eigenvalue weighted by molar-refractivity contribution is -0.144. The molecule has 12 nitrogen and oxygen atoms in total. The summed E-state index contributed by atoms with van der Waals surface area (Å²) in [5.74, 6) is -3.85. The molecule has 0 amide bonds. The highest BCUT2D eigenvalue weighted by Gasteiger charge is 2.27. The average Bonchev–Trinajstić information content (AvgIpc) is 2.75. The van der Waals surface area contributed by atoms with E-state index in [9.17, 15) is 34.5 Å². The van der Waals surface area contributed by atoms with Crippen LogP contribution in [0.25, 0.3) is 0 Å². The van der Waals surface area contributed by atoms with E-state index in [1.54, 1.807) is 41.0 Å². The van der Waals surface area contributed by atoms with Crippen molar-refractivity contribution in [2.24, 2.45) is 0 Å². The van der Waals surface area contributed by atoms with Crippen LogP contribution in [0.1, 0.15) is 19.4 Å². The van der Waals surface area contributed by atoms with Crippen LogP contribution in [0.2, 0.25) is 0 Å². The van der Waals surface area contributed by atoms with E-state index < -0.39 is 43.0 Å². The Labute approximate surface area is 204 Å². The summed E-state index contributed by atoms with van der Waals surface area (Å²) in [7, 11) is 0. The van der Waals surface area contributed by atoms with Crippen LogP contribution in [-0.2, 0) is 25.6 Å². The molecule has 0 unspecified atom stereocenters. The number of carboxylic acids is 4. The minimum Gasteiger partial charge on any atom is -0.494 e. The molecule has 0 saturated carbocycles. The van der Waals surface area contributed by atoms with E-state index in [-0.39, 0.29) is 39.1 Å². The fraction of sp³-hybridized carbons (Fsp3) is 0.565. The summed E-state index contributed by atoms with van der Waals surface area (Å²) in [6.45, 7) is 3.53. The normalized spacial score (nSPS) is 12.1. The summed E-state index contributed by atoms with van der Waals surface area (Å²) >= 11 is 0. The molecule has 1 rings (SSSR count). The van der Waals surface area contributed by atoms with Gasteiger partial charge in [0.15, 0.2) is 0 Å². The van der Waals surface area contributed by atoms with Crippen molar-refractivity contribution >= 4 is 23.9 Å². The van der Waals surface area contributed by atoms with Gasteiger partial charge in [-0.2, -0.15) is 0 Å². The third-order valence-corrected chi connectivity index (χ3v) is 5.27. The van der Waals surface area contributed by atoms with E-state index in [1.165, 1.54) is 4.90 Å². The van der Waals surface area contributed by atoms with Gasteiger partial charge in [0.2, 0.25) is 0 Å². The van der Waals surface area contributed by atoms with E-state index in [0.717, 1.165) is 5.56 Å². The molecule has 0 aromatic heterocycles. The lowest BCUT2D eigenvalue weighted by Crippen LogP contribution is -2.51.